The summed E-state index contributed by atoms with van der Waals surface area (Å²) in [6.07, 6.45) is 4.91. The molecule has 7 heteroatoms. The number of pyridine rings is 1. The van der Waals surface area contributed by atoms with Gasteiger partial charge in [-0.1, -0.05) is 24.3 Å². The van der Waals surface area contributed by atoms with Crippen LogP contribution in [-0.2, 0) is 0 Å². The van der Waals surface area contributed by atoms with Crippen LogP contribution in [-0.4, -0.2) is 41.6 Å². The van der Waals surface area contributed by atoms with Crippen molar-refractivity contribution in [3.05, 3.63) is 101 Å². The van der Waals surface area contributed by atoms with Crippen molar-refractivity contribution in [2.45, 2.75) is 32.7 Å². The molecule has 5 rings (SSSR count). The maximum atomic E-state index is 13.1. The lowest BCUT2D eigenvalue weighted by atomic mass is 10.0. The van der Waals surface area contributed by atoms with E-state index in [9.17, 15) is 14.4 Å². The summed E-state index contributed by atoms with van der Waals surface area (Å²) in [5.74, 6) is 1.01. The number of rotatable bonds is 9. The third kappa shape index (κ3) is 5.67. The molecule has 1 aliphatic carbocycles. The number of nitrogens with zero attached hydrogens (tertiary/aromatic N) is 2. The number of anilines is 1. The van der Waals surface area contributed by atoms with Crippen LogP contribution in [0.2, 0.25) is 0 Å². The molecule has 1 atom stereocenters. The topological polar surface area (TPSA) is 88.6 Å². The first-order chi connectivity index (χ1) is 18.9. The van der Waals surface area contributed by atoms with Gasteiger partial charge in [-0.25, -0.2) is 0 Å². The van der Waals surface area contributed by atoms with Crippen molar-refractivity contribution in [1.29, 1.82) is 0 Å². The van der Waals surface area contributed by atoms with E-state index in [1.165, 1.54) is 12.8 Å². The Balaban J connectivity index is 1.30. The van der Waals surface area contributed by atoms with Crippen LogP contribution in [0.4, 0.5) is 5.69 Å². The van der Waals surface area contributed by atoms with Crippen LogP contribution < -0.4 is 10.1 Å². The molecule has 2 amide bonds. The van der Waals surface area contributed by atoms with Gasteiger partial charge in [0.05, 0.1) is 23.7 Å². The maximum absolute atomic E-state index is 13.1. The molecule has 1 aromatic heterocycles. The summed E-state index contributed by atoms with van der Waals surface area (Å²) in [5, 5.41) is 3.90. The number of ether oxygens (including phenoxy) is 1. The minimum Gasteiger partial charge on any atom is -0.493 e. The lowest BCUT2D eigenvalue weighted by Gasteiger charge is -2.26. The van der Waals surface area contributed by atoms with Crippen LogP contribution in [0.1, 0.15) is 68.0 Å². The number of aryl methyl sites for hydroxylation is 1. The zero-order valence-corrected chi connectivity index (χ0v) is 22.3. The zero-order chi connectivity index (χ0) is 27.5. The Morgan fingerprint density at radius 1 is 1.10 bits per heavy atom. The molecule has 1 unspecified atom stereocenters. The number of aldehydes is 1. The molecule has 0 radical (unpaired) electrons. The molecule has 0 saturated heterocycles. The lowest BCUT2D eigenvalue weighted by molar-refractivity contribution is 0.0739. The number of hydrogen-bond acceptors (Lipinski definition) is 5. The number of carbonyl (C=O) groups is 3. The highest BCUT2D eigenvalue weighted by Gasteiger charge is 2.23. The van der Waals surface area contributed by atoms with Gasteiger partial charge >= 0.3 is 0 Å². The van der Waals surface area contributed by atoms with Crippen molar-refractivity contribution in [2.75, 3.05) is 19.0 Å². The maximum Gasteiger partial charge on any atom is 0.255 e. The predicted octanol–water partition coefficient (Wildman–Crippen LogP) is 6.23. The van der Waals surface area contributed by atoms with Gasteiger partial charge in [0.25, 0.3) is 11.8 Å². The summed E-state index contributed by atoms with van der Waals surface area (Å²) in [6, 6.07) is 19.5. The van der Waals surface area contributed by atoms with E-state index in [4.69, 9.17) is 4.74 Å². The van der Waals surface area contributed by atoms with Crippen molar-refractivity contribution >= 4 is 34.7 Å². The number of benzene rings is 3. The summed E-state index contributed by atoms with van der Waals surface area (Å²) in [6.45, 7) is 4.58. The van der Waals surface area contributed by atoms with Crippen molar-refractivity contribution < 1.29 is 19.1 Å². The van der Waals surface area contributed by atoms with E-state index < -0.39 is 0 Å². The molecule has 1 N–H and O–H groups in total. The minimum absolute atomic E-state index is 0.202. The molecule has 0 aliphatic heterocycles. The van der Waals surface area contributed by atoms with Gasteiger partial charge in [0.2, 0.25) is 0 Å². The summed E-state index contributed by atoms with van der Waals surface area (Å²) in [4.78, 5) is 43.7. The van der Waals surface area contributed by atoms with E-state index in [1.807, 2.05) is 44.2 Å². The van der Waals surface area contributed by atoms with Crippen molar-refractivity contribution in [1.82, 2.24) is 9.88 Å². The molecule has 1 saturated carbocycles. The highest BCUT2D eigenvalue weighted by Crippen LogP contribution is 2.30. The summed E-state index contributed by atoms with van der Waals surface area (Å²) < 4.78 is 5.76. The van der Waals surface area contributed by atoms with Gasteiger partial charge in [-0.2, -0.15) is 0 Å². The second kappa shape index (κ2) is 11.1. The van der Waals surface area contributed by atoms with Gasteiger partial charge in [-0.3, -0.25) is 19.4 Å². The SMILES string of the molecule is Cc1c(NC(=O)c2ccc(OCC3CC3)cc2)ccc2cc(C(C)N(C)C(=O)c3ccccc3C=O)cnc12. The molecule has 0 spiro atoms. The van der Waals surface area contributed by atoms with Gasteiger partial charge in [-0.05, 0) is 86.2 Å². The zero-order valence-electron chi connectivity index (χ0n) is 22.3. The molecular weight excluding hydrogens is 490 g/mol. The number of nitrogens with one attached hydrogen (secondary N) is 1. The van der Waals surface area contributed by atoms with Gasteiger partial charge in [-0.15, -0.1) is 0 Å². The fourth-order valence-corrected chi connectivity index (χ4v) is 4.51. The molecular formula is C32H31N3O4. The van der Waals surface area contributed by atoms with E-state index in [2.05, 4.69) is 10.3 Å². The summed E-state index contributed by atoms with van der Waals surface area (Å²) in [7, 11) is 1.72. The van der Waals surface area contributed by atoms with Crippen molar-refractivity contribution in [3.63, 3.8) is 0 Å². The lowest BCUT2D eigenvalue weighted by Crippen LogP contribution is -2.30. The quantitative estimate of drug-likeness (QED) is 0.264. The molecule has 39 heavy (non-hydrogen) atoms. The number of aromatic nitrogens is 1. The molecule has 198 valence electrons. The van der Waals surface area contributed by atoms with Crippen LogP contribution in [0.25, 0.3) is 10.9 Å². The number of amides is 2. The minimum atomic E-state index is -0.273. The fourth-order valence-electron chi connectivity index (χ4n) is 4.51. The Bertz CT molecular complexity index is 1540. The number of carbonyl (C=O) groups excluding carboxylic acids is 3. The molecule has 3 aromatic carbocycles. The van der Waals surface area contributed by atoms with Gasteiger partial charge in [0.15, 0.2) is 6.29 Å². The van der Waals surface area contributed by atoms with E-state index in [1.54, 1.807) is 54.5 Å². The first-order valence-corrected chi connectivity index (χ1v) is 13.1. The summed E-state index contributed by atoms with van der Waals surface area (Å²) in [5.41, 5.74) is 4.46. The van der Waals surface area contributed by atoms with Crippen molar-refractivity contribution in [3.8, 4) is 5.75 Å². The van der Waals surface area contributed by atoms with E-state index >= 15 is 0 Å². The largest absolute Gasteiger partial charge is 0.493 e. The van der Waals surface area contributed by atoms with Crippen LogP contribution >= 0.6 is 0 Å². The Kier molecular flexibility index (Phi) is 7.41. The molecule has 1 heterocycles. The number of hydrogen-bond donors (Lipinski definition) is 1. The summed E-state index contributed by atoms with van der Waals surface area (Å²) >= 11 is 0. The van der Waals surface area contributed by atoms with Gasteiger partial charge in [0, 0.05) is 35.4 Å². The van der Waals surface area contributed by atoms with E-state index in [0.717, 1.165) is 34.4 Å². The van der Waals surface area contributed by atoms with Crippen LogP contribution in [0.3, 0.4) is 0 Å². The van der Waals surface area contributed by atoms with Crippen LogP contribution in [0.15, 0.2) is 72.9 Å². The molecule has 4 aromatic rings. The first-order valence-electron chi connectivity index (χ1n) is 13.1. The monoisotopic (exact) mass is 521 g/mol. The standard InChI is InChI=1S/C32H31N3O4/c1-20-29(34-31(37)23-10-13-27(14-11-23)39-19-22-8-9-22)15-12-24-16-26(17-33-30(20)24)21(2)35(3)32(38)28-7-5-4-6-25(28)18-36/h4-7,10-18,21-22H,8-9,19H2,1-3H3,(H,34,37). The third-order valence-corrected chi connectivity index (χ3v) is 7.38. The smallest absolute Gasteiger partial charge is 0.255 e. The van der Waals surface area contributed by atoms with Crippen LogP contribution in [0.5, 0.6) is 5.75 Å². The normalized spacial score (nSPS) is 13.5. The highest BCUT2D eigenvalue weighted by atomic mass is 16.5. The molecule has 0 bridgehead atoms. The molecule has 7 nitrogen and oxygen atoms in total. The first kappa shape index (κ1) is 26.1. The van der Waals surface area contributed by atoms with E-state index in [-0.39, 0.29) is 17.9 Å². The Hall–Kier alpha value is -4.52. The highest BCUT2D eigenvalue weighted by molar-refractivity contribution is 6.06. The van der Waals surface area contributed by atoms with E-state index in [0.29, 0.717) is 34.6 Å². The average molecular weight is 522 g/mol. The molecule has 1 fully saturated rings. The second-order valence-electron chi connectivity index (χ2n) is 10.1. The molecule has 1 aliphatic rings. The average Bonchev–Trinajstić information content (AvgIpc) is 3.81. The van der Waals surface area contributed by atoms with Gasteiger partial charge in [0.1, 0.15) is 5.75 Å². The fraction of sp³-hybridized carbons (Fsp3) is 0.250. The van der Waals surface area contributed by atoms with Crippen LogP contribution in [0, 0.1) is 12.8 Å². The third-order valence-electron chi connectivity index (χ3n) is 7.38. The predicted molar refractivity (Wildman–Crippen MR) is 151 cm³/mol. The van der Waals surface area contributed by atoms with Crippen molar-refractivity contribution in [2.24, 2.45) is 5.92 Å². The second-order valence-corrected chi connectivity index (χ2v) is 10.1. The number of fused-ring (bicyclic) bond motifs is 1. The Labute approximate surface area is 227 Å². The Morgan fingerprint density at radius 3 is 2.56 bits per heavy atom. The Morgan fingerprint density at radius 2 is 1.85 bits per heavy atom. The van der Waals surface area contributed by atoms with Gasteiger partial charge < -0.3 is 15.0 Å².